The van der Waals surface area contributed by atoms with Crippen LogP contribution in [0.1, 0.15) is 39.5 Å². The fourth-order valence-corrected chi connectivity index (χ4v) is 4.19. The monoisotopic (exact) mass is 263 g/mol. The minimum atomic E-state index is -3.25. The van der Waals surface area contributed by atoms with Crippen LogP contribution in [0.25, 0.3) is 0 Å². The maximum absolute atomic E-state index is 12.1. The average molecular weight is 263 g/mol. The quantitative estimate of drug-likeness (QED) is 0.698. The van der Waals surface area contributed by atoms with E-state index in [2.05, 4.69) is 4.74 Å². The lowest BCUT2D eigenvalue weighted by molar-refractivity contribution is -0.140. The highest BCUT2D eigenvalue weighted by Crippen LogP contribution is 2.31. The van der Waals surface area contributed by atoms with E-state index in [0.717, 1.165) is 12.8 Å². The number of hydrogen-bond acceptors (Lipinski definition) is 4. The van der Waals surface area contributed by atoms with Gasteiger partial charge in [0, 0.05) is 18.5 Å². The van der Waals surface area contributed by atoms with Crippen molar-refractivity contribution in [1.82, 2.24) is 4.31 Å². The molecule has 1 heterocycles. The Kier molecular flexibility index (Phi) is 4.55. The Hall–Kier alpha value is -0.620. The van der Waals surface area contributed by atoms with E-state index in [4.69, 9.17) is 0 Å². The zero-order chi connectivity index (χ0) is 13.1. The predicted molar refractivity (Wildman–Crippen MR) is 65.1 cm³/mol. The molecule has 0 aromatic heterocycles. The first kappa shape index (κ1) is 14.4. The molecule has 0 atom stereocenters. The molecule has 0 N–H and O–H groups in total. The molecule has 0 aromatic rings. The molecule has 1 aliphatic rings. The van der Waals surface area contributed by atoms with Crippen LogP contribution < -0.4 is 0 Å². The molecule has 0 spiro atoms. The van der Waals surface area contributed by atoms with Gasteiger partial charge in [0.25, 0.3) is 0 Å². The third kappa shape index (κ3) is 3.67. The summed E-state index contributed by atoms with van der Waals surface area (Å²) < 4.78 is 30.2. The third-order valence-corrected chi connectivity index (χ3v) is 5.32. The van der Waals surface area contributed by atoms with Gasteiger partial charge in [0.15, 0.2) is 0 Å². The average Bonchev–Trinajstić information content (AvgIpc) is 2.58. The summed E-state index contributed by atoms with van der Waals surface area (Å²) in [5.41, 5.74) is -0.288. The summed E-state index contributed by atoms with van der Waals surface area (Å²) in [5.74, 6) is -0.341. The molecular formula is C11H21NO4S. The van der Waals surface area contributed by atoms with Crippen LogP contribution in [-0.4, -0.2) is 43.6 Å². The Morgan fingerprint density at radius 3 is 2.53 bits per heavy atom. The van der Waals surface area contributed by atoms with Crippen LogP contribution in [0.4, 0.5) is 0 Å². The van der Waals surface area contributed by atoms with Crippen molar-refractivity contribution in [2.75, 3.05) is 19.4 Å². The molecule has 0 unspecified atom stereocenters. The lowest BCUT2D eigenvalue weighted by Gasteiger charge is -2.30. The maximum atomic E-state index is 12.1. The summed E-state index contributed by atoms with van der Waals surface area (Å²) in [5, 5.41) is 0. The van der Waals surface area contributed by atoms with Crippen molar-refractivity contribution in [3.8, 4) is 0 Å². The second-order valence-corrected chi connectivity index (χ2v) is 7.00. The summed E-state index contributed by atoms with van der Waals surface area (Å²) >= 11 is 0. The van der Waals surface area contributed by atoms with Crippen LogP contribution in [0.2, 0.25) is 0 Å². The summed E-state index contributed by atoms with van der Waals surface area (Å²) in [6.07, 6.45) is 2.28. The number of hydrogen-bond donors (Lipinski definition) is 0. The second kappa shape index (κ2) is 5.35. The lowest BCUT2D eigenvalue weighted by Crippen LogP contribution is -2.43. The van der Waals surface area contributed by atoms with Crippen LogP contribution in [0.15, 0.2) is 0 Å². The van der Waals surface area contributed by atoms with Crippen LogP contribution >= 0.6 is 0 Å². The maximum Gasteiger partial charge on any atom is 0.305 e. The lowest BCUT2D eigenvalue weighted by atomic mass is 10.0. The van der Waals surface area contributed by atoms with Gasteiger partial charge in [0.2, 0.25) is 10.0 Å². The molecule has 0 amide bonds. The number of sulfonamides is 1. The van der Waals surface area contributed by atoms with Crippen LogP contribution in [0.5, 0.6) is 0 Å². The number of methoxy groups -OCH3 is 1. The molecule has 0 aromatic carbocycles. The Bertz CT molecular complexity index is 375. The van der Waals surface area contributed by atoms with Crippen LogP contribution in [-0.2, 0) is 19.6 Å². The molecule has 1 fully saturated rings. The first-order valence-corrected chi connectivity index (χ1v) is 7.48. The Morgan fingerprint density at radius 1 is 1.41 bits per heavy atom. The fourth-order valence-electron chi connectivity index (χ4n) is 2.21. The van der Waals surface area contributed by atoms with Gasteiger partial charge in [0.1, 0.15) is 0 Å². The van der Waals surface area contributed by atoms with E-state index in [-0.39, 0.29) is 23.7 Å². The van der Waals surface area contributed by atoms with Gasteiger partial charge < -0.3 is 4.74 Å². The molecule has 0 radical (unpaired) electrons. The molecule has 0 bridgehead atoms. The molecule has 17 heavy (non-hydrogen) atoms. The number of carbonyl (C=O) groups excluding carboxylic acids is 1. The van der Waals surface area contributed by atoms with Gasteiger partial charge in [-0.25, -0.2) is 8.42 Å². The van der Waals surface area contributed by atoms with Crippen molar-refractivity contribution in [3.63, 3.8) is 0 Å². The predicted octanol–water partition coefficient (Wildman–Crippen LogP) is 1.14. The first-order valence-electron chi connectivity index (χ1n) is 5.87. The van der Waals surface area contributed by atoms with E-state index < -0.39 is 10.0 Å². The number of nitrogens with zero attached hydrogens (tertiary/aromatic N) is 1. The topological polar surface area (TPSA) is 63.7 Å². The van der Waals surface area contributed by atoms with E-state index in [1.807, 2.05) is 13.8 Å². The number of ether oxygens (including phenoxy) is 1. The van der Waals surface area contributed by atoms with Gasteiger partial charge in [-0.05, 0) is 33.1 Å². The van der Waals surface area contributed by atoms with Crippen molar-refractivity contribution in [3.05, 3.63) is 0 Å². The van der Waals surface area contributed by atoms with E-state index in [1.54, 1.807) is 4.31 Å². The van der Waals surface area contributed by atoms with Crippen LogP contribution in [0, 0.1) is 0 Å². The summed E-state index contributed by atoms with van der Waals surface area (Å²) in [6.45, 7) is 4.48. The van der Waals surface area contributed by atoms with Crippen molar-refractivity contribution < 1.29 is 17.9 Å². The zero-order valence-electron chi connectivity index (χ0n) is 10.7. The van der Waals surface area contributed by atoms with Crippen molar-refractivity contribution in [2.45, 2.75) is 45.1 Å². The molecule has 0 aliphatic carbocycles. The zero-order valence-corrected chi connectivity index (χ0v) is 11.5. The summed E-state index contributed by atoms with van der Waals surface area (Å²) in [6, 6.07) is 0. The van der Waals surface area contributed by atoms with E-state index in [0.29, 0.717) is 13.0 Å². The van der Waals surface area contributed by atoms with E-state index in [1.165, 1.54) is 7.11 Å². The molecule has 100 valence electrons. The molecule has 5 nitrogen and oxygen atoms in total. The van der Waals surface area contributed by atoms with Gasteiger partial charge in [-0.15, -0.1) is 0 Å². The molecule has 1 aliphatic heterocycles. The van der Waals surface area contributed by atoms with Gasteiger partial charge in [-0.3, -0.25) is 4.79 Å². The van der Waals surface area contributed by atoms with Crippen molar-refractivity contribution in [2.24, 2.45) is 0 Å². The molecule has 1 saturated heterocycles. The SMILES string of the molecule is COC(=O)CCCS(=O)(=O)N1CCCC1(C)C. The van der Waals surface area contributed by atoms with Gasteiger partial charge in [0.05, 0.1) is 12.9 Å². The molecule has 1 rings (SSSR count). The highest BCUT2D eigenvalue weighted by Gasteiger charge is 2.39. The minimum absolute atomic E-state index is 0.0194. The minimum Gasteiger partial charge on any atom is -0.469 e. The van der Waals surface area contributed by atoms with Gasteiger partial charge in [-0.1, -0.05) is 0 Å². The largest absolute Gasteiger partial charge is 0.469 e. The van der Waals surface area contributed by atoms with Crippen molar-refractivity contribution in [1.29, 1.82) is 0 Å². The standard InChI is InChI=1S/C11H21NO4S/c1-11(2)7-5-8-12(11)17(14,15)9-4-6-10(13)16-3/h4-9H2,1-3H3. The number of esters is 1. The molecular weight excluding hydrogens is 242 g/mol. The molecule has 0 saturated carbocycles. The molecule has 6 heteroatoms. The summed E-state index contributed by atoms with van der Waals surface area (Å²) in [4.78, 5) is 10.9. The van der Waals surface area contributed by atoms with Crippen molar-refractivity contribution >= 4 is 16.0 Å². The van der Waals surface area contributed by atoms with E-state index >= 15 is 0 Å². The Balaban J connectivity index is 2.54. The Morgan fingerprint density at radius 2 is 2.06 bits per heavy atom. The first-order chi connectivity index (χ1) is 7.79. The third-order valence-electron chi connectivity index (χ3n) is 3.17. The van der Waals surface area contributed by atoms with E-state index in [9.17, 15) is 13.2 Å². The van der Waals surface area contributed by atoms with Crippen LogP contribution in [0.3, 0.4) is 0 Å². The smallest absolute Gasteiger partial charge is 0.305 e. The number of carbonyl (C=O) groups is 1. The van der Waals surface area contributed by atoms with Gasteiger partial charge in [-0.2, -0.15) is 4.31 Å². The highest BCUT2D eigenvalue weighted by molar-refractivity contribution is 7.89. The highest BCUT2D eigenvalue weighted by atomic mass is 32.2. The normalized spacial score (nSPS) is 20.4. The summed E-state index contributed by atoms with van der Waals surface area (Å²) in [7, 11) is -1.94. The number of rotatable bonds is 5. The second-order valence-electron chi connectivity index (χ2n) is 4.98. The van der Waals surface area contributed by atoms with Gasteiger partial charge >= 0.3 is 5.97 Å². The fraction of sp³-hybridized carbons (Fsp3) is 0.909. The Labute approximate surface area is 103 Å².